The number of aryl methyl sites for hydroxylation is 1. The average molecular weight is 372 g/mol. The highest BCUT2D eigenvalue weighted by Crippen LogP contribution is 2.14. The number of imide groups is 1. The van der Waals surface area contributed by atoms with Gasteiger partial charge >= 0.3 is 5.97 Å². The molecule has 0 saturated heterocycles. The summed E-state index contributed by atoms with van der Waals surface area (Å²) in [6, 6.07) is 9.76. The zero-order chi connectivity index (χ0) is 19.8. The van der Waals surface area contributed by atoms with Crippen LogP contribution in [0.2, 0.25) is 0 Å². The highest BCUT2D eigenvalue weighted by Gasteiger charge is 2.15. The van der Waals surface area contributed by atoms with Gasteiger partial charge < -0.3 is 14.0 Å². The Balaban J connectivity index is 1.78. The number of carbonyl (C=O) groups is 3. The Hall–Kier alpha value is -3.09. The van der Waals surface area contributed by atoms with Gasteiger partial charge in [-0.25, -0.2) is 4.79 Å². The molecule has 7 nitrogen and oxygen atoms in total. The Kier molecular flexibility index (Phi) is 7.16. The van der Waals surface area contributed by atoms with E-state index >= 15 is 0 Å². The van der Waals surface area contributed by atoms with Gasteiger partial charge in [-0.3, -0.25) is 14.9 Å². The molecular weight excluding hydrogens is 348 g/mol. The second kappa shape index (κ2) is 9.56. The maximum atomic E-state index is 12.0. The van der Waals surface area contributed by atoms with Crippen molar-refractivity contribution >= 4 is 17.8 Å². The number of hydrogen-bond donors (Lipinski definition) is 1. The number of carbonyl (C=O) groups excluding carboxylic acids is 3. The number of aromatic nitrogens is 1. The summed E-state index contributed by atoms with van der Waals surface area (Å²) in [6.45, 7) is 4.30. The van der Waals surface area contributed by atoms with Crippen molar-refractivity contribution in [2.24, 2.45) is 13.0 Å². The number of amides is 2. The highest BCUT2D eigenvalue weighted by molar-refractivity contribution is 6.04. The molecule has 0 fully saturated rings. The molecular formula is C20H24N2O5. The first-order valence-electron chi connectivity index (χ1n) is 8.72. The van der Waals surface area contributed by atoms with Crippen molar-refractivity contribution in [1.29, 1.82) is 0 Å². The Morgan fingerprint density at radius 1 is 1.11 bits per heavy atom. The number of ether oxygens (including phenoxy) is 2. The third-order valence-corrected chi connectivity index (χ3v) is 3.82. The van der Waals surface area contributed by atoms with Gasteiger partial charge in [-0.05, 0) is 48.7 Å². The lowest BCUT2D eigenvalue weighted by atomic mass is 10.1. The van der Waals surface area contributed by atoms with E-state index in [2.05, 4.69) is 19.2 Å². The minimum atomic E-state index is -0.691. The molecule has 0 radical (unpaired) electrons. The van der Waals surface area contributed by atoms with E-state index in [9.17, 15) is 14.4 Å². The number of hydrogen-bond acceptors (Lipinski definition) is 5. The molecule has 2 rings (SSSR count). The van der Waals surface area contributed by atoms with Gasteiger partial charge in [0.2, 0.25) is 0 Å². The number of nitrogens with zero attached hydrogens (tertiary/aromatic N) is 1. The fraction of sp³-hybridized carbons (Fsp3) is 0.350. The molecule has 0 aliphatic heterocycles. The lowest BCUT2D eigenvalue weighted by Crippen LogP contribution is -2.35. The van der Waals surface area contributed by atoms with Gasteiger partial charge in [0.15, 0.2) is 6.61 Å². The number of esters is 1. The monoisotopic (exact) mass is 372 g/mol. The number of nitrogens with one attached hydrogen (secondary N) is 1. The van der Waals surface area contributed by atoms with Crippen molar-refractivity contribution in [3.8, 4) is 5.75 Å². The van der Waals surface area contributed by atoms with E-state index in [1.807, 2.05) is 0 Å². The molecule has 144 valence electrons. The van der Waals surface area contributed by atoms with Gasteiger partial charge in [-0.15, -0.1) is 0 Å². The molecule has 27 heavy (non-hydrogen) atoms. The van der Waals surface area contributed by atoms with Crippen LogP contribution < -0.4 is 10.1 Å². The largest absolute Gasteiger partial charge is 0.494 e. The van der Waals surface area contributed by atoms with Crippen molar-refractivity contribution in [2.45, 2.75) is 20.3 Å². The van der Waals surface area contributed by atoms with Crippen LogP contribution >= 0.6 is 0 Å². The first-order chi connectivity index (χ1) is 12.9. The quantitative estimate of drug-likeness (QED) is 0.720. The minimum absolute atomic E-state index is 0.299. The SMILES string of the molecule is CC(C)CCOc1ccc(C(=O)OCC(=O)NC(=O)c2cccn2C)cc1. The van der Waals surface area contributed by atoms with Crippen LogP contribution in [-0.2, 0) is 16.6 Å². The van der Waals surface area contributed by atoms with Crippen LogP contribution in [0.4, 0.5) is 0 Å². The summed E-state index contributed by atoms with van der Waals surface area (Å²) in [5.41, 5.74) is 0.635. The van der Waals surface area contributed by atoms with Gasteiger partial charge in [0.25, 0.3) is 11.8 Å². The molecule has 1 N–H and O–H groups in total. The molecule has 2 amide bonds. The fourth-order valence-corrected chi connectivity index (χ4v) is 2.24. The molecule has 7 heteroatoms. The normalized spacial score (nSPS) is 10.5. The highest BCUT2D eigenvalue weighted by atomic mass is 16.5. The second-order valence-electron chi connectivity index (χ2n) is 6.51. The van der Waals surface area contributed by atoms with Gasteiger partial charge in [0.05, 0.1) is 12.2 Å². The first kappa shape index (κ1) is 20.2. The van der Waals surface area contributed by atoms with Crippen molar-refractivity contribution in [3.05, 3.63) is 53.9 Å². The van der Waals surface area contributed by atoms with Gasteiger partial charge in [0.1, 0.15) is 11.4 Å². The van der Waals surface area contributed by atoms with E-state index in [0.29, 0.717) is 29.5 Å². The minimum Gasteiger partial charge on any atom is -0.494 e. The lowest BCUT2D eigenvalue weighted by Gasteiger charge is -2.09. The Morgan fingerprint density at radius 3 is 2.41 bits per heavy atom. The van der Waals surface area contributed by atoms with Crippen LogP contribution in [-0.4, -0.2) is 35.6 Å². The van der Waals surface area contributed by atoms with Gasteiger partial charge in [0, 0.05) is 13.2 Å². The van der Waals surface area contributed by atoms with E-state index in [1.54, 1.807) is 54.2 Å². The Bertz CT molecular complexity index is 793. The number of benzene rings is 1. The molecule has 0 bridgehead atoms. The molecule has 0 spiro atoms. The maximum absolute atomic E-state index is 12.0. The summed E-state index contributed by atoms with van der Waals surface area (Å²) in [5.74, 6) is -0.670. The van der Waals surface area contributed by atoms with E-state index in [1.165, 1.54) is 0 Å². The molecule has 1 aromatic carbocycles. The van der Waals surface area contributed by atoms with Crippen LogP contribution in [0, 0.1) is 5.92 Å². The molecule has 0 aliphatic carbocycles. The summed E-state index contributed by atoms with van der Waals surface area (Å²) in [6.07, 6.45) is 2.63. The van der Waals surface area contributed by atoms with Crippen LogP contribution in [0.5, 0.6) is 5.75 Å². The second-order valence-corrected chi connectivity index (χ2v) is 6.51. The van der Waals surface area contributed by atoms with Crippen LogP contribution in [0.1, 0.15) is 41.1 Å². The third kappa shape index (κ3) is 6.29. The smallest absolute Gasteiger partial charge is 0.338 e. The maximum Gasteiger partial charge on any atom is 0.338 e. The first-order valence-corrected chi connectivity index (χ1v) is 8.72. The summed E-state index contributed by atoms with van der Waals surface area (Å²) in [7, 11) is 1.69. The topological polar surface area (TPSA) is 86.6 Å². The van der Waals surface area contributed by atoms with Crippen molar-refractivity contribution in [3.63, 3.8) is 0 Å². The fourth-order valence-electron chi connectivity index (χ4n) is 2.24. The Morgan fingerprint density at radius 2 is 1.81 bits per heavy atom. The standard InChI is InChI=1S/C20H24N2O5/c1-14(2)10-12-26-16-8-6-15(7-9-16)20(25)27-13-18(23)21-19(24)17-5-4-11-22(17)3/h4-9,11,14H,10,12-13H2,1-3H3,(H,21,23,24). The lowest BCUT2D eigenvalue weighted by molar-refractivity contribution is -0.123. The summed E-state index contributed by atoms with van der Waals surface area (Å²) >= 11 is 0. The molecule has 1 aromatic heterocycles. The van der Waals surface area contributed by atoms with E-state index in [4.69, 9.17) is 9.47 Å². The summed E-state index contributed by atoms with van der Waals surface area (Å²) in [4.78, 5) is 35.7. The predicted octanol–water partition coefficient (Wildman–Crippen LogP) is 2.56. The summed E-state index contributed by atoms with van der Waals surface area (Å²) < 4.78 is 12.1. The predicted molar refractivity (Wildman–Crippen MR) is 99.6 cm³/mol. The van der Waals surface area contributed by atoms with Crippen LogP contribution in [0.3, 0.4) is 0 Å². The van der Waals surface area contributed by atoms with E-state index < -0.39 is 24.4 Å². The Labute approximate surface area is 158 Å². The van der Waals surface area contributed by atoms with Crippen molar-refractivity contribution in [2.75, 3.05) is 13.2 Å². The van der Waals surface area contributed by atoms with Crippen LogP contribution in [0.25, 0.3) is 0 Å². The average Bonchev–Trinajstić information content (AvgIpc) is 3.06. The van der Waals surface area contributed by atoms with Gasteiger partial charge in [-0.1, -0.05) is 13.8 Å². The van der Waals surface area contributed by atoms with Crippen molar-refractivity contribution in [1.82, 2.24) is 9.88 Å². The molecule has 0 aliphatic rings. The molecule has 1 heterocycles. The zero-order valence-electron chi connectivity index (χ0n) is 15.7. The molecule has 2 aromatic rings. The van der Waals surface area contributed by atoms with E-state index in [0.717, 1.165) is 6.42 Å². The van der Waals surface area contributed by atoms with Gasteiger partial charge in [-0.2, -0.15) is 0 Å². The molecule has 0 saturated carbocycles. The molecule has 0 unspecified atom stereocenters. The van der Waals surface area contributed by atoms with Crippen molar-refractivity contribution < 1.29 is 23.9 Å². The van der Waals surface area contributed by atoms with E-state index in [-0.39, 0.29) is 0 Å². The van der Waals surface area contributed by atoms with Crippen LogP contribution in [0.15, 0.2) is 42.6 Å². The summed E-state index contributed by atoms with van der Waals surface area (Å²) in [5, 5.41) is 2.18. The zero-order valence-corrected chi connectivity index (χ0v) is 15.7. The number of rotatable bonds is 8. The molecule has 0 atom stereocenters. The third-order valence-electron chi connectivity index (χ3n) is 3.82.